The number of rotatable bonds is 6. The Kier molecular flexibility index (Phi) is 5.65. The molecule has 1 rings (SSSR count). The van der Waals surface area contributed by atoms with E-state index in [1.54, 1.807) is 7.05 Å². The Labute approximate surface area is 109 Å². The van der Waals surface area contributed by atoms with Crippen LogP contribution in [0.1, 0.15) is 32.4 Å². The Balaban J connectivity index is 2.68. The number of likely N-dealkylation sites (N-methyl/N-ethyl adjacent to an activating group) is 1. The van der Waals surface area contributed by atoms with E-state index < -0.39 is 0 Å². The van der Waals surface area contributed by atoms with Crippen LogP contribution in [0.2, 0.25) is 0 Å². The van der Waals surface area contributed by atoms with E-state index in [4.69, 9.17) is 4.74 Å². The third-order valence-electron chi connectivity index (χ3n) is 2.85. The Morgan fingerprint density at radius 3 is 2.72 bits per heavy atom. The van der Waals surface area contributed by atoms with Gasteiger partial charge in [0.15, 0.2) is 0 Å². The summed E-state index contributed by atoms with van der Waals surface area (Å²) in [4.78, 5) is 11.8. The maximum atomic E-state index is 11.8. The molecule has 0 bridgehead atoms. The summed E-state index contributed by atoms with van der Waals surface area (Å²) in [7, 11) is 1.77. The van der Waals surface area contributed by atoms with E-state index in [2.05, 4.69) is 10.6 Å². The van der Waals surface area contributed by atoms with E-state index >= 15 is 0 Å². The lowest BCUT2D eigenvalue weighted by atomic mass is 10.1. The average molecular weight is 250 g/mol. The molecule has 0 aromatic heterocycles. The first kappa shape index (κ1) is 14.5. The lowest BCUT2D eigenvalue weighted by Gasteiger charge is -2.18. The lowest BCUT2D eigenvalue weighted by Crippen LogP contribution is -2.41. The number of hydrogen-bond donors (Lipinski definition) is 2. The van der Waals surface area contributed by atoms with Crippen molar-refractivity contribution in [2.24, 2.45) is 0 Å². The second-order valence-electron chi connectivity index (χ2n) is 4.25. The van der Waals surface area contributed by atoms with Gasteiger partial charge in [-0.05, 0) is 45.5 Å². The minimum Gasteiger partial charge on any atom is -0.494 e. The standard InChI is InChI=1S/C14H22N2O2/c1-5-18-13-8-6-7-12(9-13)10(2)16-14(17)11(3)15-4/h6-11,15H,5H2,1-4H3,(H,16,17)/t10-,11+/m1/s1. The van der Waals surface area contributed by atoms with Gasteiger partial charge in [0.1, 0.15) is 5.75 Å². The van der Waals surface area contributed by atoms with Gasteiger partial charge in [0, 0.05) is 0 Å². The summed E-state index contributed by atoms with van der Waals surface area (Å²) in [6, 6.07) is 7.56. The number of nitrogens with one attached hydrogen (secondary N) is 2. The van der Waals surface area contributed by atoms with Crippen LogP contribution in [0.4, 0.5) is 0 Å². The van der Waals surface area contributed by atoms with Crippen LogP contribution in [0.5, 0.6) is 5.75 Å². The molecular formula is C14H22N2O2. The van der Waals surface area contributed by atoms with Gasteiger partial charge in [-0.15, -0.1) is 0 Å². The van der Waals surface area contributed by atoms with Gasteiger partial charge in [-0.2, -0.15) is 0 Å². The number of benzene rings is 1. The van der Waals surface area contributed by atoms with Crippen LogP contribution < -0.4 is 15.4 Å². The summed E-state index contributed by atoms with van der Waals surface area (Å²) >= 11 is 0. The molecule has 0 aliphatic heterocycles. The van der Waals surface area contributed by atoms with E-state index in [0.717, 1.165) is 11.3 Å². The number of ether oxygens (including phenoxy) is 1. The fraction of sp³-hybridized carbons (Fsp3) is 0.500. The molecule has 1 aromatic carbocycles. The molecule has 18 heavy (non-hydrogen) atoms. The normalized spacial score (nSPS) is 13.8. The second kappa shape index (κ2) is 7.01. The molecule has 1 aromatic rings. The van der Waals surface area contributed by atoms with E-state index in [1.165, 1.54) is 0 Å². The quantitative estimate of drug-likeness (QED) is 0.810. The van der Waals surface area contributed by atoms with Crippen molar-refractivity contribution in [3.8, 4) is 5.75 Å². The van der Waals surface area contributed by atoms with Crippen molar-refractivity contribution in [1.29, 1.82) is 0 Å². The smallest absolute Gasteiger partial charge is 0.237 e. The summed E-state index contributed by atoms with van der Waals surface area (Å²) in [5.41, 5.74) is 1.04. The molecule has 4 heteroatoms. The van der Waals surface area contributed by atoms with Gasteiger partial charge in [-0.25, -0.2) is 0 Å². The van der Waals surface area contributed by atoms with E-state index in [1.807, 2.05) is 45.0 Å². The fourth-order valence-electron chi connectivity index (χ4n) is 1.59. The van der Waals surface area contributed by atoms with Crippen LogP contribution in [0.25, 0.3) is 0 Å². The predicted molar refractivity (Wildman–Crippen MR) is 72.7 cm³/mol. The zero-order chi connectivity index (χ0) is 13.5. The van der Waals surface area contributed by atoms with Crippen molar-refractivity contribution in [3.63, 3.8) is 0 Å². The maximum Gasteiger partial charge on any atom is 0.237 e. The van der Waals surface area contributed by atoms with Gasteiger partial charge < -0.3 is 15.4 Å². The number of hydrogen-bond acceptors (Lipinski definition) is 3. The van der Waals surface area contributed by atoms with Crippen LogP contribution in [0, 0.1) is 0 Å². The summed E-state index contributed by atoms with van der Waals surface area (Å²) in [6.45, 7) is 6.39. The van der Waals surface area contributed by atoms with E-state index in [0.29, 0.717) is 6.61 Å². The maximum absolute atomic E-state index is 11.8. The van der Waals surface area contributed by atoms with Gasteiger partial charge in [0.25, 0.3) is 0 Å². The molecule has 100 valence electrons. The minimum absolute atomic E-state index is 0.00758. The number of carbonyl (C=O) groups excluding carboxylic acids is 1. The van der Waals surface area contributed by atoms with Crippen molar-refractivity contribution >= 4 is 5.91 Å². The highest BCUT2D eigenvalue weighted by molar-refractivity contribution is 5.81. The molecule has 0 aliphatic rings. The molecule has 4 nitrogen and oxygen atoms in total. The number of carbonyl (C=O) groups is 1. The van der Waals surface area contributed by atoms with Gasteiger partial charge in [-0.1, -0.05) is 12.1 Å². The molecule has 0 saturated carbocycles. The van der Waals surface area contributed by atoms with Crippen LogP contribution in [0.15, 0.2) is 24.3 Å². The van der Waals surface area contributed by atoms with Crippen LogP contribution >= 0.6 is 0 Å². The molecule has 0 radical (unpaired) electrons. The van der Waals surface area contributed by atoms with Crippen molar-refractivity contribution in [3.05, 3.63) is 29.8 Å². The van der Waals surface area contributed by atoms with Crippen molar-refractivity contribution in [2.45, 2.75) is 32.9 Å². The Hall–Kier alpha value is -1.55. The summed E-state index contributed by atoms with van der Waals surface area (Å²) in [6.07, 6.45) is 0. The molecule has 2 atom stereocenters. The van der Waals surface area contributed by atoms with Gasteiger partial charge in [-0.3, -0.25) is 4.79 Å². The summed E-state index contributed by atoms with van der Waals surface area (Å²) in [5.74, 6) is 0.824. The monoisotopic (exact) mass is 250 g/mol. The third kappa shape index (κ3) is 4.04. The topological polar surface area (TPSA) is 50.4 Å². The van der Waals surface area contributed by atoms with Gasteiger partial charge in [0.05, 0.1) is 18.7 Å². The molecular weight excluding hydrogens is 228 g/mol. The highest BCUT2D eigenvalue weighted by Gasteiger charge is 2.14. The summed E-state index contributed by atoms with van der Waals surface area (Å²) in [5, 5.41) is 5.88. The predicted octanol–water partition coefficient (Wildman–Crippen LogP) is 1.87. The minimum atomic E-state index is -0.192. The largest absolute Gasteiger partial charge is 0.494 e. The highest BCUT2D eigenvalue weighted by atomic mass is 16.5. The molecule has 0 unspecified atom stereocenters. The molecule has 0 spiro atoms. The Morgan fingerprint density at radius 2 is 2.11 bits per heavy atom. The molecule has 0 aliphatic carbocycles. The van der Waals surface area contributed by atoms with Gasteiger partial charge in [0.2, 0.25) is 5.91 Å². The lowest BCUT2D eigenvalue weighted by molar-refractivity contribution is -0.123. The SMILES string of the molecule is CCOc1cccc([C@@H](C)NC(=O)[C@H](C)NC)c1. The van der Waals surface area contributed by atoms with E-state index in [-0.39, 0.29) is 18.0 Å². The van der Waals surface area contributed by atoms with E-state index in [9.17, 15) is 4.79 Å². The second-order valence-corrected chi connectivity index (χ2v) is 4.25. The first-order chi connectivity index (χ1) is 8.58. The average Bonchev–Trinajstić information content (AvgIpc) is 2.38. The first-order valence-corrected chi connectivity index (χ1v) is 6.28. The Bertz CT molecular complexity index is 393. The van der Waals surface area contributed by atoms with Crippen LogP contribution in [-0.2, 0) is 4.79 Å². The highest BCUT2D eigenvalue weighted by Crippen LogP contribution is 2.19. The third-order valence-corrected chi connectivity index (χ3v) is 2.85. The summed E-state index contributed by atoms with van der Waals surface area (Å²) < 4.78 is 5.45. The van der Waals surface area contributed by atoms with Gasteiger partial charge >= 0.3 is 0 Å². The first-order valence-electron chi connectivity index (χ1n) is 6.28. The van der Waals surface area contributed by atoms with Crippen molar-refractivity contribution in [1.82, 2.24) is 10.6 Å². The molecule has 0 heterocycles. The molecule has 0 saturated heterocycles. The Morgan fingerprint density at radius 1 is 1.39 bits per heavy atom. The van der Waals surface area contributed by atoms with Crippen LogP contribution in [-0.4, -0.2) is 25.6 Å². The molecule has 0 fully saturated rings. The molecule has 2 N–H and O–H groups in total. The van der Waals surface area contributed by atoms with Crippen LogP contribution in [0.3, 0.4) is 0 Å². The van der Waals surface area contributed by atoms with Crippen molar-refractivity contribution in [2.75, 3.05) is 13.7 Å². The molecule has 1 amide bonds. The zero-order valence-corrected chi connectivity index (χ0v) is 11.5. The van der Waals surface area contributed by atoms with Crippen molar-refractivity contribution < 1.29 is 9.53 Å². The fourth-order valence-corrected chi connectivity index (χ4v) is 1.59. The zero-order valence-electron chi connectivity index (χ0n) is 11.5. The number of amides is 1.